The van der Waals surface area contributed by atoms with Gasteiger partial charge in [0.25, 0.3) is 0 Å². The zero-order chi connectivity index (χ0) is 10.8. The summed E-state index contributed by atoms with van der Waals surface area (Å²) in [6.45, 7) is 0.126. The van der Waals surface area contributed by atoms with Crippen LogP contribution in [0.4, 0.5) is 0 Å². The Morgan fingerprint density at radius 2 is 2.20 bits per heavy atom. The molecule has 1 aromatic carbocycles. The summed E-state index contributed by atoms with van der Waals surface area (Å²) in [5.41, 5.74) is 1.70. The molecule has 0 atom stereocenters. The van der Waals surface area contributed by atoms with Crippen LogP contribution in [0.15, 0.2) is 12.1 Å². The number of aliphatic hydroxyl groups is 1. The summed E-state index contributed by atoms with van der Waals surface area (Å²) < 4.78 is 0.896. The Morgan fingerprint density at radius 3 is 2.93 bits per heavy atom. The fourth-order valence-corrected chi connectivity index (χ4v) is 2.18. The number of aromatic amines is 1. The van der Waals surface area contributed by atoms with E-state index in [4.69, 9.17) is 5.11 Å². The topological polar surface area (TPSA) is 69.1 Å². The first-order chi connectivity index (χ1) is 7.24. The number of hydrogen-bond acceptors (Lipinski definition) is 3. The van der Waals surface area contributed by atoms with Crippen LogP contribution in [0.25, 0.3) is 10.9 Å². The van der Waals surface area contributed by atoms with Crippen molar-refractivity contribution < 1.29 is 10.2 Å². The lowest BCUT2D eigenvalue weighted by molar-refractivity contribution is 0.288. The van der Waals surface area contributed by atoms with Gasteiger partial charge in [0.1, 0.15) is 9.45 Å². The first-order valence-electron chi connectivity index (χ1n) is 4.69. The molecule has 0 aliphatic rings. The lowest BCUT2D eigenvalue weighted by Crippen LogP contribution is -1.91. The number of nitrogens with zero attached hydrogens (tertiary/aromatic N) is 1. The number of halogens is 1. The molecule has 0 spiro atoms. The second kappa shape index (κ2) is 4.36. The van der Waals surface area contributed by atoms with Gasteiger partial charge < -0.3 is 10.2 Å². The summed E-state index contributed by atoms with van der Waals surface area (Å²) in [5, 5.41) is 26.5. The summed E-state index contributed by atoms with van der Waals surface area (Å²) in [4.78, 5) is 0. The van der Waals surface area contributed by atoms with E-state index in [2.05, 4.69) is 32.8 Å². The number of aromatic hydroxyl groups is 1. The molecule has 0 unspecified atom stereocenters. The molecule has 2 rings (SSSR count). The van der Waals surface area contributed by atoms with Crippen LogP contribution in [0, 0.1) is 3.70 Å². The van der Waals surface area contributed by atoms with E-state index in [-0.39, 0.29) is 12.4 Å². The number of aryl methyl sites for hydroxylation is 1. The van der Waals surface area contributed by atoms with E-state index in [0.29, 0.717) is 12.8 Å². The molecule has 80 valence electrons. The monoisotopic (exact) mass is 318 g/mol. The number of aliphatic hydroxyl groups excluding tert-OH is 1. The van der Waals surface area contributed by atoms with E-state index in [9.17, 15) is 5.11 Å². The molecule has 1 aromatic heterocycles. The lowest BCUT2D eigenvalue weighted by Gasteiger charge is -2.04. The van der Waals surface area contributed by atoms with Crippen molar-refractivity contribution >= 4 is 33.5 Å². The number of phenolic OH excluding ortho intramolecular Hbond substituents is 1. The van der Waals surface area contributed by atoms with E-state index in [1.807, 2.05) is 6.07 Å². The Kier molecular flexibility index (Phi) is 3.11. The average molecular weight is 318 g/mol. The van der Waals surface area contributed by atoms with Gasteiger partial charge in [0.15, 0.2) is 0 Å². The summed E-state index contributed by atoms with van der Waals surface area (Å²) in [6.07, 6.45) is 1.29. The van der Waals surface area contributed by atoms with Crippen LogP contribution in [0.2, 0.25) is 0 Å². The predicted molar refractivity (Wildman–Crippen MR) is 65.9 cm³/mol. The quantitative estimate of drug-likeness (QED) is 0.756. The van der Waals surface area contributed by atoms with Gasteiger partial charge in [0, 0.05) is 17.6 Å². The van der Waals surface area contributed by atoms with Crippen LogP contribution in [0.3, 0.4) is 0 Å². The standard InChI is InChI=1S/C10H11IN2O2/c11-10-7-3-4-8(15)6(2-1-5-14)9(7)12-13-10/h3-4,14-15H,1-2,5H2,(H,12,13). The van der Waals surface area contributed by atoms with Crippen LogP contribution in [-0.2, 0) is 6.42 Å². The highest BCUT2D eigenvalue weighted by atomic mass is 127. The van der Waals surface area contributed by atoms with E-state index in [1.54, 1.807) is 6.07 Å². The summed E-state index contributed by atoms with van der Waals surface area (Å²) in [6, 6.07) is 3.52. The Labute approximate surface area is 100 Å². The second-order valence-electron chi connectivity index (χ2n) is 3.33. The van der Waals surface area contributed by atoms with E-state index < -0.39 is 0 Å². The molecule has 0 amide bonds. The molecule has 0 aliphatic heterocycles. The normalized spacial score (nSPS) is 11.1. The Hall–Kier alpha value is -0.820. The van der Waals surface area contributed by atoms with Gasteiger partial charge in [-0.1, -0.05) is 0 Å². The van der Waals surface area contributed by atoms with Gasteiger partial charge in [-0.3, -0.25) is 5.10 Å². The molecule has 2 aromatic rings. The number of aromatic nitrogens is 2. The maximum Gasteiger partial charge on any atom is 0.130 e. The first kappa shape index (κ1) is 10.7. The molecule has 4 nitrogen and oxygen atoms in total. The molecular weight excluding hydrogens is 307 g/mol. The van der Waals surface area contributed by atoms with Gasteiger partial charge in [-0.2, -0.15) is 5.10 Å². The summed E-state index contributed by atoms with van der Waals surface area (Å²) in [5.74, 6) is 0.260. The van der Waals surface area contributed by atoms with Crippen molar-refractivity contribution in [2.24, 2.45) is 0 Å². The molecule has 3 N–H and O–H groups in total. The Balaban J connectivity index is 2.53. The van der Waals surface area contributed by atoms with Gasteiger partial charge >= 0.3 is 0 Å². The highest BCUT2D eigenvalue weighted by Crippen LogP contribution is 2.28. The molecule has 0 bridgehead atoms. The second-order valence-corrected chi connectivity index (χ2v) is 4.35. The zero-order valence-electron chi connectivity index (χ0n) is 8.00. The maximum atomic E-state index is 9.71. The van der Waals surface area contributed by atoms with Crippen molar-refractivity contribution in [1.29, 1.82) is 0 Å². The third-order valence-electron chi connectivity index (χ3n) is 2.36. The number of phenols is 1. The minimum atomic E-state index is 0.126. The summed E-state index contributed by atoms with van der Waals surface area (Å²) >= 11 is 2.15. The van der Waals surface area contributed by atoms with Gasteiger partial charge in [-0.15, -0.1) is 0 Å². The van der Waals surface area contributed by atoms with E-state index >= 15 is 0 Å². The zero-order valence-corrected chi connectivity index (χ0v) is 10.2. The predicted octanol–water partition coefficient (Wildman–Crippen LogP) is 1.80. The number of nitrogens with one attached hydrogen (secondary N) is 1. The van der Waals surface area contributed by atoms with Crippen molar-refractivity contribution in [3.05, 3.63) is 21.4 Å². The molecule has 0 aliphatic carbocycles. The molecule has 0 saturated heterocycles. The van der Waals surface area contributed by atoms with Crippen molar-refractivity contribution in [3.63, 3.8) is 0 Å². The van der Waals surface area contributed by atoms with Crippen LogP contribution in [-0.4, -0.2) is 27.0 Å². The Morgan fingerprint density at radius 1 is 1.40 bits per heavy atom. The average Bonchev–Trinajstić information content (AvgIpc) is 2.59. The molecule has 5 heteroatoms. The van der Waals surface area contributed by atoms with Crippen molar-refractivity contribution in [1.82, 2.24) is 10.2 Å². The van der Waals surface area contributed by atoms with Crippen LogP contribution in [0.5, 0.6) is 5.75 Å². The van der Waals surface area contributed by atoms with Crippen molar-refractivity contribution in [2.75, 3.05) is 6.61 Å². The van der Waals surface area contributed by atoms with Crippen molar-refractivity contribution in [3.8, 4) is 5.75 Å². The minimum Gasteiger partial charge on any atom is -0.508 e. The van der Waals surface area contributed by atoms with Gasteiger partial charge in [0.05, 0.1) is 5.52 Å². The molecule has 0 fully saturated rings. The smallest absolute Gasteiger partial charge is 0.130 e. The fourth-order valence-electron chi connectivity index (χ4n) is 1.61. The number of hydrogen-bond donors (Lipinski definition) is 3. The number of rotatable bonds is 3. The van der Waals surface area contributed by atoms with Crippen LogP contribution >= 0.6 is 22.6 Å². The lowest BCUT2D eigenvalue weighted by atomic mass is 10.1. The number of H-pyrrole nitrogens is 1. The third-order valence-corrected chi connectivity index (χ3v) is 3.18. The Bertz CT molecular complexity index is 481. The van der Waals surface area contributed by atoms with Gasteiger partial charge in [-0.25, -0.2) is 0 Å². The van der Waals surface area contributed by atoms with E-state index in [0.717, 1.165) is 20.2 Å². The third kappa shape index (κ3) is 1.93. The molecule has 15 heavy (non-hydrogen) atoms. The molecular formula is C10H11IN2O2. The molecule has 0 saturated carbocycles. The van der Waals surface area contributed by atoms with Gasteiger partial charge in [0.2, 0.25) is 0 Å². The highest BCUT2D eigenvalue weighted by molar-refractivity contribution is 14.1. The minimum absolute atomic E-state index is 0.126. The van der Waals surface area contributed by atoms with E-state index in [1.165, 1.54) is 0 Å². The number of benzene rings is 1. The summed E-state index contributed by atoms with van der Waals surface area (Å²) in [7, 11) is 0. The first-order valence-corrected chi connectivity index (χ1v) is 5.77. The maximum absolute atomic E-state index is 9.71. The molecule has 0 radical (unpaired) electrons. The van der Waals surface area contributed by atoms with Crippen LogP contribution in [0.1, 0.15) is 12.0 Å². The fraction of sp³-hybridized carbons (Fsp3) is 0.300. The SMILES string of the molecule is OCCCc1c(O)ccc2c(I)n[nH]c12. The molecule has 1 heterocycles. The largest absolute Gasteiger partial charge is 0.508 e. The van der Waals surface area contributed by atoms with Crippen molar-refractivity contribution in [2.45, 2.75) is 12.8 Å². The van der Waals surface area contributed by atoms with Crippen LogP contribution < -0.4 is 0 Å². The van der Waals surface area contributed by atoms with Gasteiger partial charge in [-0.05, 0) is 47.6 Å². The number of fused-ring (bicyclic) bond motifs is 1. The highest BCUT2D eigenvalue weighted by Gasteiger charge is 2.10.